The Kier molecular flexibility index (Phi) is 4.82. The minimum atomic E-state index is -2.71. The van der Waals surface area contributed by atoms with Gasteiger partial charge in [0.1, 0.15) is 0 Å². The van der Waals surface area contributed by atoms with E-state index in [1.54, 1.807) is 0 Å². The van der Waals surface area contributed by atoms with Crippen LogP contribution in [0.4, 0.5) is 0 Å². The van der Waals surface area contributed by atoms with E-state index in [-0.39, 0.29) is 0 Å². The van der Waals surface area contributed by atoms with Crippen LogP contribution in [-0.2, 0) is 14.6 Å². The molecule has 17 heavy (non-hydrogen) atoms. The van der Waals surface area contributed by atoms with Gasteiger partial charge in [0.15, 0.2) is 9.84 Å². The van der Waals surface area contributed by atoms with E-state index in [9.17, 15) is 8.42 Å². The van der Waals surface area contributed by atoms with Crippen LogP contribution < -0.4 is 5.32 Å². The summed E-state index contributed by atoms with van der Waals surface area (Å²) in [6.07, 6.45) is 5.99. The van der Waals surface area contributed by atoms with Gasteiger partial charge < -0.3 is 10.1 Å². The summed E-state index contributed by atoms with van der Waals surface area (Å²) in [4.78, 5) is 0. The van der Waals surface area contributed by atoms with Gasteiger partial charge in [-0.3, -0.25) is 0 Å². The molecule has 2 fully saturated rings. The number of nitrogens with one attached hydrogen (secondary N) is 1. The van der Waals surface area contributed by atoms with Crippen molar-refractivity contribution in [2.45, 2.75) is 38.2 Å². The maximum atomic E-state index is 11.3. The fourth-order valence-electron chi connectivity index (χ4n) is 2.67. The molecule has 2 aliphatic rings. The van der Waals surface area contributed by atoms with E-state index in [1.807, 2.05) is 0 Å². The van der Waals surface area contributed by atoms with Gasteiger partial charge in [-0.1, -0.05) is 0 Å². The third kappa shape index (κ3) is 4.56. The Hall–Kier alpha value is -0.130. The van der Waals surface area contributed by atoms with Crippen molar-refractivity contribution >= 4 is 9.84 Å². The molecule has 2 atom stereocenters. The van der Waals surface area contributed by atoms with Gasteiger partial charge in [0.2, 0.25) is 0 Å². The topological polar surface area (TPSA) is 55.4 Å². The summed E-state index contributed by atoms with van der Waals surface area (Å²) < 4.78 is 28.1. The van der Waals surface area contributed by atoms with Crippen molar-refractivity contribution in [1.29, 1.82) is 0 Å². The molecule has 100 valence electrons. The first-order valence-electron chi connectivity index (χ1n) is 6.68. The predicted molar refractivity (Wildman–Crippen MR) is 67.8 cm³/mol. The lowest BCUT2D eigenvalue weighted by Gasteiger charge is -2.11. The smallest absolute Gasteiger partial charge is 0.150 e. The summed E-state index contributed by atoms with van der Waals surface area (Å²) in [6.45, 7) is 2.76. The van der Waals surface area contributed by atoms with E-state index in [0.717, 1.165) is 39.0 Å². The molecule has 0 radical (unpaired) electrons. The minimum absolute atomic E-state index is 0.336. The van der Waals surface area contributed by atoms with Crippen molar-refractivity contribution in [1.82, 2.24) is 5.32 Å². The Labute approximate surface area is 104 Å². The van der Waals surface area contributed by atoms with Crippen molar-refractivity contribution in [3.05, 3.63) is 0 Å². The second-order valence-corrected chi connectivity index (χ2v) is 7.48. The first-order valence-corrected chi connectivity index (χ1v) is 8.50. The van der Waals surface area contributed by atoms with Crippen molar-refractivity contribution in [3.8, 4) is 0 Å². The Morgan fingerprint density at radius 3 is 2.82 bits per heavy atom. The van der Waals surface area contributed by atoms with Crippen molar-refractivity contribution < 1.29 is 13.2 Å². The largest absolute Gasteiger partial charge is 0.378 e. The van der Waals surface area contributed by atoms with E-state index < -0.39 is 9.84 Å². The van der Waals surface area contributed by atoms with E-state index in [1.165, 1.54) is 12.8 Å². The van der Waals surface area contributed by atoms with Crippen LogP contribution in [0.5, 0.6) is 0 Å². The van der Waals surface area contributed by atoms with E-state index >= 15 is 0 Å². The highest BCUT2D eigenvalue weighted by molar-refractivity contribution is 7.91. The van der Waals surface area contributed by atoms with Gasteiger partial charge in [-0.2, -0.15) is 0 Å². The third-order valence-electron chi connectivity index (χ3n) is 3.66. The molecule has 0 saturated carbocycles. The van der Waals surface area contributed by atoms with E-state index in [2.05, 4.69) is 5.32 Å². The third-order valence-corrected chi connectivity index (χ3v) is 5.50. The molecule has 0 aliphatic carbocycles. The molecule has 0 aromatic heterocycles. The van der Waals surface area contributed by atoms with Crippen LogP contribution in [-0.4, -0.2) is 45.7 Å². The Morgan fingerprint density at radius 2 is 2.18 bits per heavy atom. The fraction of sp³-hybridized carbons (Fsp3) is 1.00. The molecule has 1 N–H and O–H groups in total. The second kappa shape index (κ2) is 6.16. The monoisotopic (exact) mass is 261 g/mol. The summed E-state index contributed by atoms with van der Waals surface area (Å²) in [6, 6.07) is 0. The lowest BCUT2D eigenvalue weighted by atomic mass is 10.1. The summed E-state index contributed by atoms with van der Waals surface area (Å²) in [7, 11) is -2.71. The van der Waals surface area contributed by atoms with E-state index in [4.69, 9.17) is 4.74 Å². The molecule has 0 aromatic carbocycles. The highest BCUT2D eigenvalue weighted by Crippen LogP contribution is 2.18. The minimum Gasteiger partial charge on any atom is -0.378 e. The summed E-state index contributed by atoms with van der Waals surface area (Å²) in [5.74, 6) is 1.10. The molecule has 0 spiro atoms. The van der Waals surface area contributed by atoms with Gasteiger partial charge in [-0.05, 0) is 51.1 Å². The Morgan fingerprint density at radius 1 is 1.29 bits per heavy atom. The SMILES string of the molecule is O=S1(=O)CCC(CNCCCC2CCCO2)C1. The van der Waals surface area contributed by atoms with Crippen LogP contribution in [0.1, 0.15) is 32.1 Å². The number of hydrogen-bond donors (Lipinski definition) is 1. The molecule has 5 heteroatoms. The molecule has 0 bridgehead atoms. The molecule has 2 rings (SSSR count). The van der Waals surface area contributed by atoms with Gasteiger partial charge in [-0.25, -0.2) is 8.42 Å². The van der Waals surface area contributed by atoms with Gasteiger partial charge in [0.05, 0.1) is 17.6 Å². The standard InChI is InChI=1S/C12H23NO3S/c14-17(15)8-5-11(10-17)9-13-6-1-3-12-4-2-7-16-12/h11-13H,1-10H2. The fourth-order valence-corrected chi connectivity index (χ4v) is 4.53. The van der Waals surface area contributed by atoms with Gasteiger partial charge in [0.25, 0.3) is 0 Å². The summed E-state index contributed by atoms with van der Waals surface area (Å²) in [5.41, 5.74) is 0. The molecule has 2 heterocycles. The first kappa shape index (κ1) is 13.3. The predicted octanol–water partition coefficient (Wildman–Crippen LogP) is 0.970. The zero-order valence-electron chi connectivity index (χ0n) is 10.4. The van der Waals surface area contributed by atoms with Crippen molar-refractivity contribution in [2.24, 2.45) is 5.92 Å². The Balaban J connectivity index is 1.49. The average Bonchev–Trinajstić information content (AvgIpc) is 2.88. The maximum absolute atomic E-state index is 11.3. The van der Waals surface area contributed by atoms with Gasteiger partial charge >= 0.3 is 0 Å². The molecule has 2 unspecified atom stereocenters. The summed E-state index contributed by atoms with van der Waals surface area (Å²) >= 11 is 0. The van der Waals surface area contributed by atoms with Crippen LogP contribution in [0.25, 0.3) is 0 Å². The number of ether oxygens (including phenoxy) is 1. The second-order valence-electron chi connectivity index (χ2n) is 5.25. The first-order chi connectivity index (χ1) is 8.16. The normalized spacial score (nSPS) is 32.0. The van der Waals surface area contributed by atoms with Crippen molar-refractivity contribution in [2.75, 3.05) is 31.2 Å². The molecule has 2 saturated heterocycles. The van der Waals surface area contributed by atoms with Crippen LogP contribution in [0.3, 0.4) is 0 Å². The lowest BCUT2D eigenvalue weighted by molar-refractivity contribution is 0.102. The van der Waals surface area contributed by atoms with E-state index in [0.29, 0.717) is 23.5 Å². The number of sulfone groups is 1. The molecular formula is C12H23NO3S. The average molecular weight is 261 g/mol. The van der Waals surface area contributed by atoms with Crippen LogP contribution in [0, 0.1) is 5.92 Å². The van der Waals surface area contributed by atoms with Crippen LogP contribution >= 0.6 is 0 Å². The van der Waals surface area contributed by atoms with Crippen LogP contribution in [0.15, 0.2) is 0 Å². The zero-order valence-corrected chi connectivity index (χ0v) is 11.2. The van der Waals surface area contributed by atoms with Gasteiger partial charge in [0, 0.05) is 6.61 Å². The number of rotatable bonds is 6. The molecule has 2 aliphatic heterocycles. The quantitative estimate of drug-likeness (QED) is 0.724. The zero-order chi connectivity index (χ0) is 12.1. The highest BCUT2D eigenvalue weighted by atomic mass is 32.2. The highest BCUT2D eigenvalue weighted by Gasteiger charge is 2.27. The van der Waals surface area contributed by atoms with Crippen LogP contribution in [0.2, 0.25) is 0 Å². The molecule has 0 amide bonds. The van der Waals surface area contributed by atoms with Gasteiger partial charge in [-0.15, -0.1) is 0 Å². The maximum Gasteiger partial charge on any atom is 0.150 e. The molecule has 0 aromatic rings. The summed E-state index contributed by atoms with van der Waals surface area (Å²) in [5, 5.41) is 3.37. The molecule has 4 nitrogen and oxygen atoms in total. The molecular weight excluding hydrogens is 238 g/mol. The van der Waals surface area contributed by atoms with Crippen molar-refractivity contribution in [3.63, 3.8) is 0 Å². The number of hydrogen-bond acceptors (Lipinski definition) is 4. The Bertz CT molecular complexity index is 323. The lowest BCUT2D eigenvalue weighted by Crippen LogP contribution is -2.25.